The Labute approximate surface area is 199 Å². The summed E-state index contributed by atoms with van der Waals surface area (Å²) in [5.41, 5.74) is 5.06. The van der Waals surface area contributed by atoms with Gasteiger partial charge in [0.1, 0.15) is 11.6 Å². The molecule has 10 heteroatoms. The summed E-state index contributed by atoms with van der Waals surface area (Å²) in [7, 11) is 0. The van der Waals surface area contributed by atoms with Gasteiger partial charge in [-0.25, -0.2) is 14.6 Å². The molecule has 1 heterocycles. The average Bonchev–Trinajstić information content (AvgIpc) is 3.41. The fourth-order valence-corrected chi connectivity index (χ4v) is 4.57. The van der Waals surface area contributed by atoms with Crippen LogP contribution in [0.25, 0.3) is 11.1 Å². The summed E-state index contributed by atoms with van der Waals surface area (Å²) in [5, 5.41) is 25.1. The molecule has 2 aromatic carbocycles. The van der Waals surface area contributed by atoms with E-state index in [1.807, 2.05) is 24.3 Å². The summed E-state index contributed by atoms with van der Waals surface area (Å²) >= 11 is 1.28. The number of alkyl carbamates (subject to hydrolysis) is 1. The van der Waals surface area contributed by atoms with Gasteiger partial charge in [-0.2, -0.15) is 0 Å². The quantitative estimate of drug-likeness (QED) is 0.368. The van der Waals surface area contributed by atoms with Crippen molar-refractivity contribution in [1.82, 2.24) is 15.6 Å². The van der Waals surface area contributed by atoms with Crippen molar-refractivity contribution in [3.05, 3.63) is 75.7 Å². The number of aliphatic carboxylic acids is 1. The number of thiazole rings is 1. The van der Waals surface area contributed by atoms with Gasteiger partial charge in [-0.3, -0.25) is 4.79 Å². The van der Waals surface area contributed by atoms with Crippen LogP contribution in [0, 0.1) is 0 Å². The van der Waals surface area contributed by atoms with Crippen molar-refractivity contribution in [2.75, 3.05) is 13.2 Å². The first kappa shape index (κ1) is 23.4. The number of benzene rings is 2. The molecule has 0 bridgehead atoms. The minimum absolute atomic E-state index is 0.0252. The van der Waals surface area contributed by atoms with Gasteiger partial charge in [-0.05, 0) is 22.3 Å². The lowest BCUT2D eigenvalue weighted by Crippen LogP contribution is -2.37. The van der Waals surface area contributed by atoms with Crippen molar-refractivity contribution in [3.63, 3.8) is 0 Å². The van der Waals surface area contributed by atoms with Crippen LogP contribution in [0.4, 0.5) is 4.79 Å². The minimum Gasteiger partial charge on any atom is -0.479 e. The first-order chi connectivity index (χ1) is 16.4. The number of nitrogens with one attached hydrogen (secondary N) is 2. The van der Waals surface area contributed by atoms with E-state index >= 15 is 0 Å². The van der Waals surface area contributed by atoms with Crippen LogP contribution >= 0.6 is 11.3 Å². The van der Waals surface area contributed by atoms with E-state index in [2.05, 4.69) is 39.9 Å². The monoisotopic (exact) mass is 481 g/mol. The third-order valence-corrected chi connectivity index (χ3v) is 6.34. The Morgan fingerprint density at radius 3 is 2.32 bits per heavy atom. The summed E-state index contributed by atoms with van der Waals surface area (Å²) < 4.78 is 5.50. The maximum absolute atomic E-state index is 12.3. The molecule has 34 heavy (non-hydrogen) atoms. The number of nitrogens with zero attached hydrogens (tertiary/aromatic N) is 1. The molecule has 0 saturated carbocycles. The van der Waals surface area contributed by atoms with Crippen LogP contribution in [-0.4, -0.2) is 52.4 Å². The minimum atomic E-state index is -1.66. The highest BCUT2D eigenvalue weighted by Crippen LogP contribution is 2.44. The second-order valence-electron chi connectivity index (χ2n) is 7.75. The fourth-order valence-electron chi connectivity index (χ4n) is 3.83. The van der Waals surface area contributed by atoms with Crippen LogP contribution < -0.4 is 10.6 Å². The largest absolute Gasteiger partial charge is 0.479 e. The number of carboxylic acids is 1. The number of hydrogen-bond donors (Lipinski definition) is 4. The lowest BCUT2D eigenvalue weighted by atomic mass is 9.98. The molecule has 1 unspecified atom stereocenters. The van der Waals surface area contributed by atoms with Crippen LogP contribution in [0.2, 0.25) is 0 Å². The maximum Gasteiger partial charge on any atom is 0.407 e. The molecule has 1 aliphatic carbocycles. The first-order valence-electron chi connectivity index (χ1n) is 10.6. The fraction of sp³-hybridized carbons (Fsp3) is 0.250. The highest BCUT2D eigenvalue weighted by Gasteiger charge is 2.29. The van der Waals surface area contributed by atoms with E-state index in [-0.39, 0.29) is 32.0 Å². The average molecular weight is 482 g/mol. The number of carbonyl (C=O) groups excluding carboxylic acids is 2. The third-order valence-electron chi connectivity index (χ3n) is 5.45. The van der Waals surface area contributed by atoms with Gasteiger partial charge in [0, 0.05) is 11.3 Å². The van der Waals surface area contributed by atoms with E-state index in [0.29, 0.717) is 10.7 Å². The Balaban J connectivity index is 1.25. The molecule has 0 spiro atoms. The van der Waals surface area contributed by atoms with Crippen LogP contribution in [0.15, 0.2) is 53.9 Å². The topological polar surface area (TPSA) is 138 Å². The number of aromatic nitrogens is 1. The van der Waals surface area contributed by atoms with E-state index in [1.165, 1.54) is 11.3 Å². The summed E-state index contributed by atoms with van der Waals surface area (Å²) in [4.78, 5) is 39.0. The summed E-state index contributed by atoms with van der Waals surface area (Å²) in [6.07, 6.45) is -2.27. The van der Waals surface area contributed by atoms with Crippen molar-refractivity contribution in [3.8, 4) is 11.1 Å². The van der Waals surface area contributed by atoms with Gasteiger partial charge >= 0.3 is 12.1 Å². The predicted molar refractivity (Wildman–Crippen MR) is 124 cm³/mol. The molecule has 1 aliphatic rings. The van der Waals surface area contributed by atoms with Gasteiger partial charge in [-0.15, -0.1) is 11.3 Å². The Morgan fingerprint density at radius 1 is 1.03 bits per heavy atom. The van der Waals surface area contributed by atoms with E-state index in [9.17, 15) is 19.5 Å². The lowest BCUT2D eigenvalue weighted by Gasteiger charge is -2.14. The first-order valence-corrected chi connectivity index (χ1v) is 11.5. The molecule has 0 saturated heterocycles. The van der Waals surface area contributed by atoms with Crippen LogP contribution in [0.3, 0.4) is 0 Å². The van der Waals surface area contributed by atoms with Crippen LogP contribution in [0.5, 0.6) is 0 Å². The highest BCUT2D eigenvalue weighted by molar-refractivity contribution is 7.09. The Bertz CT molecular complexity index is 1170. The number of ether oxygens (including phenoxy) is 1. The van der Waals surface area contributed by atoms with E-state index in [4.69, 9.17) is 9.84 Å². The molecule has 0 aliphatic heterocycles. The molecule has 4 N–H and O–H groups in total. The summed E-state index contributed by atoms with van der Waals surface area (Å²) in [6.45, 7) is -0.0134. The normalized spacial score (nSPS) is 13.0. The predicted octanol–water partition coefficient (Wildman–Crippen LogP) is 2.29. The molecular formula is C24H23N3O6S. The third kappa shape index (κ3) is 5.41. The van der Waals surface area contributed by atoms with E-state index in [1.54, 1.807) is 5.38 Å². The number of carbonyl (C=O) groups is 3. The number of hydrogen-bond acceptors (Lipinski definition) is 7. The van der Waals surface area contributed by atoms with Crippen molar-refractivity contribution >= 4 is 29.3 Å². The van der Waals surface area contributed by atoms with Crippen molar-refractivity contribution in [1.29, 1.82) is 0 Å². The molecule has 0 radical (unpaired) electrons. The Kier molecular flexibility index (Phi) is 7.19. The number of rotatable bonds is 9. The van der Waals surface area contributed by atoms with Gasteiger partial charge in [-0.1, -0.05) is 48.5 Å². The van der Waals surface area contributed by atoms with Crippen LogP contribution in [-0.2, 0) is 27.3 Å². The lowest BCUT2D eigenvalue weighted by molar-refractivity contribution is -0.146. The smallest absolute Gasteiger partial charge is 0.407 e. The second kappa shape index (κ2) is 10.4. The zero-order valence-electron chi connectivity index (χ0n) is 18.1. The van der Waals surface area contributed by atoms with Gasteiger partial charge in [0.25, 0.3) is 0 Å². The molecule has 3 aromatic rings. The Hall–Kier alpha value is -3.76. The SMILES string of the molecule is O=C(Cc1csc(CNC(=O)OCC2c3ccccc3-c3ccccc32)n1)NCC(O)C(=O)O. The number of aliphatic hydroxyl groups excluding tert-OH is 1. The zero-order chi connectivity index (χ0) is 24.1. The molecule has 9 nitrogen and oxygen atoms in total. The summed E-state index contributed by atoms with van der Waals surface area (Å²) in [6, 6.07) is 16.2. The maximum atomic E-state index is 12.3. The van der Waals surface area contributed by atoms with Crippen molar-refractivity contribution in [2.45, 2.75) is 25.0 Å². The van der Waals surface area contributed by atoms with E-state index in [0.717, 1.165) is 22.3 Å². The molecule has 1 aromatic heterocycles. The standard InChI is InChI=1S/C24H23N3O6S/c28-20(23(30)31)10-25-21(29)9-14-13-34-22(27-14)11-26-24(32)33-12-19-17-7-3-1-5-15(17)16-6-2-4-8-18(16)19/h1-8,13,19-20,28H,9-12H2,(H,25,29)(H,26,32)(H,30,31). The molecule has 0 fully saturated rings. The summed E-state index contributed by atoms with van der Waals surface area (Å²) in [5.74, 6) is -1.89. The zero-order valence-corrected chi connectivity index (χ0v) is 18.9. The Morgan fingerprint density at radius 2 is 1.68 bits per heavy atom. The van der Waals surface area contributed by atoms with E-state index < -0.39 is 24.1 Å². The molecular weight excluding hydrogens is 458 g/mol. The molecule has 4 rings (SSSR count). The second-order valence-corrected chi connectivity index (χ2v) is 8.69. The van der Waals surface area contributed by atoms with Crippen molar-refractivity contribution in [2.24, 2.45) is 0 Å². The number of amides is 2. The molecule has 176 valence electrons. The molecule has 2 amide bonds. The van der Waals surface area contributed by atoms with Gasteiger partial charge in [0.15, 0.2) is 6.10 Å². The van der Waals surface area contributed by atoms with Gasteiger partial charge in [0.2, 0.25) is 5.91 Å². The van der Waals surface area contributed by atoms with Gasteiger partial charge in [0.05, 0.1) is 25.2 Å². The highest BCUT2D eigenvalue weighted by atomic mass is 32.1. The number of fused-ring (bicyclic) bond motifs is 3. The number of aliphatic hydroxyl groups is 1. The number of carboxylic acid groups (broad SMARTS) is 1. The van der Waals surface area contributed by atoms with Crippen molar-refractivity contribution < 1.29 is 29.3 Å². The van der Waals surface area contributed by atoms with Gasteiger partial charge < -0.3 is 25.6 Å². The molecule has 1 atom stereocenters. The van der Waals surface area contributed by atoms with Crippen LogP contribution in [0.1, 0.15) is 27.7 Å².